The standard InChI is InChI=1S/C8H4ClN3/c9-8-11-6(5-10)7-3-1-2-4-12(7)8/h1-4H. The molecule has 2 rings (SSSR count). The monoisotopic (exact) mass is 177 g/mol. The summed E-state index contributed by atoms with van der Waals surface area (Å²) in [6.45, 7) is 0. The van der Waals surface area contributed by atoms with Gasteiger partial charge in [-0.2, -0.15) is 5.26 Å². The summed E-state index contributed by atoms with van der Waals surface area (Å²) in [6, 6.07) is 7.45. The molecular formula is C8H4ClN3. The maximum absolute atomic E-state index is 8.66. The molecule has 0 aromatic carbocycles. The Kier molecular flexibility index (Phi) is 1.49. The molecule has 0 aliphatic carbocycles. The summed E-state index contributed by atoms with van der Waals surface area (Å²) >= 11 is 5.76. The third-order valence-corrected chi connectivity index (χ3v) is 1.88. The Hall–Kier alpha value is -1.53. The van der Waals surface area contributed by atoms with Crippen molar-refractivity contribution in [2.24, 2.45) is 0 Å². The molecule has 0 aliphatic heterocycles. The van der Waals surface area contributed by atoms with Crippen molar-refractivity contribution in [1.82, 2.24) is 9.38 Å². The van der Waals surface area contributed by atoms with Crippen LogP contribution in [0.3, 0.4) is 0 Å². The molecule has 0 fully saturated rings. The first-order chi connectivity index (χ1) is 5.83. The van der Waals surface area contributed by atoms with Crippen molar-refractivity contribution in [3.63, 3.8) is 0 Å². The first-order valence-corrected chi connectivity index (χ1v) is 3.73. The number of halogens is 1. The number of nitrogens with zero attached hydrogens (tertiary/aromatic N) is 3. The molecule has 4 heteroatoms. The van der Waals surface area contributed by atoms with E-state index in [4.69, 9.17) is 16.9 Å². The third-order valence-electron chi connectivity index (χ3n) is 1.61. The molecule has 12 heavy (non-hydrogen) atoms. The van der Waals surface area contributed by atoms with Crippen LogP contribution in [0.4, 0.5) is 0 Å². The van der Waals surface area contributed by atoms with Crippen molar-refractivity contribution in [2.75, 3.05) is 0 Å². The first-order valence-electron chi connectivity index (χ1n) is 3.35. The summed E-state index contributed by atoms with van der Waals surface area (Å²) < 4.78 is 1.67. The molecule has 0 saturated heterocycles. The Morgan fingerprint density at radius 1 is 1.50 bits per heavy atom. The summed E-state index contributed by atoms with van der Waals surface area (Å²) in [6.07, 6.45) is 1.77. The molecular weight excluding hydrogens is 174 g/mol. The van der Waals surface area contributed by atoms with Crippen molar-refractivity contribution in [1.29, 1.82) is 5.26 Å². The van der Waals surface area contributed by atoms with E-state index in [0.717, 1.165) is 5.52 Å². The van der Waals surface area contributed by atoms with E-state index in [1.165, 1.54) is 0 Å². The van der Waals surface area contributed by atoms with Gasteiger partial charge < -0.3 is 0 Å². The lowest BCUT2D eigenvalue weighted by atomic mass is 10.3. The molecule has 0 saturated carbocycles. The van der Waals surface area contributed by atoms with Crippen LogP contribution in [0.15, 0.2) is 24.4 Å². The molecule has 0 atom stereocenters. The molecule has 0 unspecified atom stereocenters. The Morgan fingerprint density at radius 2 is 2.33 bits per heavy atom. The molecule has 0 radical (unpaired) electrons. The third kappa shape index (κ3) is 0.858. The van der Waals surface area contributed by atoms with Gasteiger partial charge in [0, 0.05) is 6.20 Å². The average Bonchev–Trinajstić information content (AvgIpc) is 2.44. The first kappa shape index (κ1) is 7.14. The fraction of sp³-hybridized carbons (Fsp3) is 0. The van der Waals surface area contributed by atoms with Crippen molar-refractivity contribution >= 4 is 17.1 Å². The van der Waals surface area contributed by atoms with Gasteiger partial charge in [-0.05, 0) is 23.7 Å². The summed E-state index contributed by atoms with van der Waals surface area (Å²) in [5.41, 5.74) is 1.10. The van der Waals surface area contributed by atoms with E-state index in [1.54, 1.807) is 16.7 Å². The van der Waals surface area contributed by atoms with Gasteiger partial charge in [-0.3, -0.25) is 4.40 Å². The van der Waals surface area contributed by atoms with Crippen LogP contribution >= 0.6 is 11.6 Å². The number of rotatable bonds is 0. The lowest BCUT2D eigenvalue weighted by Crippen LogP contribution is -1.80. The van der Waals surface area contributed by atoms with Crippen LogP contribution in [0.1, 0.15) is 5.69 Å². The molecule has 3 nitrogen and oxygen atoms in total. The predicted molar refractivity (Wildman–Crippen MR) is 44.9 cm³/mol. The van der Waals surface area contributed by atoms with Gasteiger partial charge >= 0.3 is 0 Å². The normalized spacial score (nSPS) is 10.0. The van der Waals surface area contributed by atoms with Crippen molar-refractivity contribution in [2.45, 2.75) is 0 Å². The summed E-state index contributed by atoms with van der Waals surface area (Å²) in [5.74, 6) is 0. The number of imidazole rings is 1. The zero-order valence-corrected chi connectivity index (χ0v) is 6.78. The molecule has 0 aliphatic rings. The van der Waals surface area contributed by atoms with Crippen molar-refractivity contribution in [3.05, 3.63) is 35.4 Å². The van der Waals surface area contributed by atoms with E-state index in [0.29, 0.717) is 11.0 Å². The minimum atomic E-state index is 0.321. The van der Waals surface area contributed by atoms with Crippen LogP contribution in [0, 0.1) is 11.3 Å². The molecule has 0 N–H and O–H groups in total. The maximum atomic E-state index is 8.66. The maximum Gasteiger partial charge on any atom is 0.208 e. The van der Waals surface area contributed by atoms with E-state index in [-0.39, 0.29) is 0 Å². The van der Waals surface area contributed by atoms with Crippen molar-refractivity contribution in [3.8, 4) is 6.07 Å². The Morgan fingerprint density at radius 3 is 3.08 bits per heavy atom. The van der Waals surface area contributed by atoms with Gasteiger partial charge in [0.1, 0.15) is 6.07 Å². The van der Waals surface area contributed by atoms with Gasteiger partial charge in [0.15, 0.2) is 5.69 Å². The Labute approximate surface area is 73.8 Å². The highest BCUT2D eigenvalue weighted by Gasteiger charge is 2.06. The zero-order valence-electron chi connectivity index (χ0n) is 6.03. The predicted octanol–water partition coefficient (Wildman–Crippen LogP) is 1.86. The molecule has 58 valence electrons. The average molecular weight is 178 g/mol. The summed E-state index contributed by atoms with van der Waals surface area (Å²) in [4.78, 5) is 3.88. The van der Waals surface area contributed by atoms with E-state index in [9.17, 15) is 0 Å². The largest absolute Gasteiger partial charge is 0.289 e. The van der Waals surface area contributed by atoms with Crippen LogP contribution in [0.5, 0.6) is 0 Å². The highest BCUT2D eigenvalue weighted by atomic mass is 35.5. The van der Waals surface area contributed by atoms with Gasteiger partial charge in [0.05, 0.1) is 5.52 Å². The van der Waals surface area contributed by atoms with E-state index < -0.39 is 0 Å². The topological polar surface area (TPSA) is 41.1 Å². The highest BCUT2D eigenvalue weighted by Crippen LogP contribution is 2.15. The van der Waals surface area contributed by atoms with Gasteiger partial charge in [-0.1, -0.05) is 6.07 Å². The van der Waals surface area contributed by atoms with Gasteiger partial charge in [-0.25, -0.2) is 4.98 Å². The zero-order chi connectivity index (χ0) is 8.55. The molecule has 0 spiro atoms. The van der Waals surface area contributed by atoms with Crippen LogP contribution in [0.25, 0.3) is 5.52 Å². The minimum Gasteiger partial charge on any atom is -0.289 e. The fourth-order valence-electron chi connectivity index (χ4n) is 1.08. The highest BCUT2D eigenvalue weighted by molar-refractivity contribution is 6.28. The van der Waals surface area contributed by atoms with Crippen LogP contribution in [0.2, 0.25) is 5.28 Å². The molecule has 2 aromatic heterocycles. The van der Waals surface area contributed by atoms with E-state index >= 15 is 0 Å². The van der Waals surface area contributed by atoms with Gasteiger partial charge in [-0.15, -0.1) is 0 Å². The molecule has 0 bridgehead atoms. The molecule has 0 amide bonds. The molecule has 2 aromatic rings. The second kappa shape index (κ2) is 2.50. The van der Waals surface area contributed by atoms with Gasteiger partial charge in [0.2, 0.25) is 5.28 Å². The number of hydrogen-bond acceptors (Lipinski definition) is 2. The fourth-order valence-corrected chi connectivity index (χ4v) is 1.31. The van der Waals surface area contributed by atoms with E-state index in [1.807, 2.05) is 18.2 Å². The number of nitriles is 1. The lowest BCUT2D eigenvalue weighted by Gasteiger charge is -1.90. The minimum absolute atomic E-state index is 0.321. The summed E-state index contributed by atoms with van der Waals surface area (Å²) in [5, 5.41) is 8.99. The number of fused-ring (bicyclic) bond motifs is 1. The Balaban J connectivity index is 2.94. The second-order valence-corrected chi connectivity index (χ2v) is 2.64. The van der Waals surface area contributed by atoms with Crippen LogP contribution < -0.4 is 0 Å². The quantitative estimate of drug-likeness (QED) is 0.616. The van der Waals surface area contributed by atoms with Crippen LogP contribution in [-0.2, 0) is 0 Å². The number of aromatic nitrogens is 2. The van der Waals surface area contributed by atoms with E-state index in [2.05, 4.69) is 4.98 Å². The SMILES string of the molecule is N#Cc1nc(Cl)n2ccccc12. The lowest BCUT2D eigenvalue weighted by molar-refractivity contribution is 1.15. The van der Waals surface area contributed by atoms with Crippen molar-refractivity contribution < 1.29 is 0 Å². The number of hydrogen-bond donors (Lipinski definition) is 0. The summed E-state index contributed by atoms with van der Waals surface area (Å²) in [7, 11) is 0. The Bertz CT molecular complexity index is 467. The molecule has 2 heterocycles. The number of pyridine rings is 1. The van der Waals surface area contributed by atoms with Gasteiger partial charge in [0.25, 0.3) is 0 Å². The second-order valence-electron chi connectivity index (χ2n) is 2.30. The van der Waals surface area contributed by atoms with Crippen LogP contribution in [-0.4, -0.2) is 9.38 Å². The smallest absolute Gasteiger partial charge is 0.208 e.